The Balaban J connectivity index is 1.88. The molecule has 1 aromatic carbocycles. The molecule has 32 heavy (non-hydrogen) atoms. The van der Waals surface area contributed by atoms with Crippen LogP contribution in [0.1, 0.15) is 20.8 Å². The largest absolute Gasteiger partial charge is 0.497 e. The van der Waals surface area contributed by atoms with Gasteiger partial charge in [-0.1, -0.05) is 11.8 Å². The van der Waals surface area contributed by atoms with Crippen molar-refractivity contribution in [2.24, 2.45) is 4.99 Å². The highest BCUT2D eigenvalue weighted by Gasteiger charge is 2.50. The zero-order valence-corrected chi connectivity index (χ0v) is 20.2. The number of ether oxygens (including phenoxy) is 3. The lowest BCUT2D eigenvalue weighted by Crippen LogP contribution is -2.39. The number of sulfone groups is 1. The number of anilines is 1. The normalized spacial score (nSPS) is 23.0. The van der Waals surface area contributed by atoms with Crippen molar-refractivity contribution < 1.29 is 32.2 Å². The Hall–Kier alpha value is -2.47. The van der Waals surface area contributed by atoms with Crippen molar-refractivity contribution in [3.63, 3.8) is 0 Å². The third-order valence-corrected chi connectivity index (χ3v) is 7.93. The Bertz CT molecular complexity index is 1030. The average molecular weight is 486 g/mol. The van der Waals surface area contributed by atoms with Crippen LogP contribution in [0.4, 0.5) is 10.5 Å². The average Bonchev–Trinajstić information content (AvgIpc) is 3.15. The third-order valence-electron chi connectivity index (χ3n) is 4.72. The standard InChI is InChI=1S/C20H27N3O7S2/c1-20(2,3)30-19(25)21-9-17(24)22-18-23(14-10-32(26,27)11-16(14)31-18)13-8-12(28-4)6-7-15(13)29-5/h6-8,14,16H,9-11H2,1-5H3,(H,21,25)/t14-,16+/m1/s1. The van der Waals surface area contributed by atoms with Crippen LogP contribution in [-0.4, -0.2) is 74.7 Å². The van der Waals surface area contributed by atoms with Crippen LogP contribution >= 0.6 is 11.8 Å². The fourth-order valence-corrected chi connectivity index (χ4v) is 7.36. The summed E-state index contributed by atoms with van der Waals surface area (Å²) in [7, 11) is -0.195. The molecule has 0 aliphatic carbocycles. The van der Waals surface area contributed by atoms with Gasteiger partial charge in [0.1, 0.15) is 23.6 Å². The quantitative estimate of drug-likeness (QED) is 0.665. The molecule has 1 N–H and O–H groups in total. The first kappa shape index (κ1) is 24.2. The zero-order valence-electron chi connectivity index (χ0n) is 18.6. The lowest BCUT2D eigenvalue weighted by molar-refractivity contribution is -0.117. The molecule has 1 aromatic rings. The molecule has 0 spiro atoms. The van der Waals surface area contributed by atoms with E-state index in [1.54, 1.807) is 43.9 Å². The Morgan fingerprint density at radius 1 is 1.22 bits per heavy atom. The summed E-state index contributed by atoms with van der Waals surface area (Å²) in [5.41, 5.74) is -0.140. The van der Waals surface area contributed by atoms with Crippen LogP contribution < -0.4 is 19.7 Å². The number of nitrogens with one attached hydrogen (secondary N) is 1. The maximum absolute atomic E-state index is 12.5. The van der Waals surface area contributed by atoms with Gasteiger partial charge in [0, 0.05) is 11.3 Å². The molecule has 2 fully saturated rings. The van der Waals surface area contributed by atoms with E-state index < -0.39 is 33.5 Å². The molecule has 2 aliphatic rings. The summed E-state index contributed by atoms with van der Waals surface area (Å²) in [4.78, 5) is 30.2. The summed E-state index contributed by atoms with van der Waals surface area (Å²) in [6.45, 7) is 4.80. The van der Waals surface area contributed by atoms with Crippen LogP contribution in [0.5, 0.6) is 11.5 Å². The zero-order chi connectivity index (χ0) is 23.7. The number of hydrogen-bond acceptors (Lipinski definition) is 8. The maximum Gasteiger partial charge on any atom is 0.408 e. The molecule has 2 heterocycles. The minimum absolute atomic E-state index is 0.00547. The molecule has 2 saturated heterocycles. The summed E-state index contributed by atoms with van der Waals surface area (Å²) in [6, 6.07) is 4.74. The minimum Gasteiger partial charge on any atom is -0.497 e. The number of amidine groups is 1. The molecule has 176 valence electrons. The van der Waals surface area contributed by atoms with E-state index in [2.05, 4.69) is 10.3 Å². The van der Waals surface area contributed by atoms with Crippen molar-refractivity contribution >= 4 is 44.5 Å². The highest BCUT2D eigenvalue weighted by Crippen LogP contribution is 2.44. The van der Waals surface area contributed by atoms with Gasteiger partial charge in [0.2, 0.25) is 0 Å². The molecular formula is C20H27N3O7S2. The van der Waals surface area contributed by atoms with E-state index in [-0.39, 0.29) is 23.3 Å². The number of amides is 2. The molecule has 0 unspecified atom stereocenters. The number of nitrogens with zero attached hydrogens (tertiary/aromatic N) is 2. The smallest absolute Gasteiger partial charge is 0.408 e. The van der Waals surface area contributed by atoms with Crippen LogP contribution in [0.2, 0.25) is 0 Å². The van der Waals surface area contributed by atoms with Gasteiger partial charge in [-0.15, -0.1) is 0 Å². The Kier molecular flexibility index (Phi) is 6.94. The van der Waals surface area contributed by atoms with Crippen molar-refractivity contribution in [3.05, 3.63) is 18.2 Å². The predicted octanol–water partition coefficient (Wildman–Crippen LogP) is 1.83. The third kappa shape index (κ3) is 5.66. The lowest BCUT2D eigenvalue weighted by atomic mass is 10.2. The number of benzene rings is 1. The second kappa shape index (κ2) is 9.18. The lowest BCUT2D eigenvalue weighted by Gasteiger charge is -2.26. The summed E-state index contributed by atoms with van der Waals surface area (Å²) in [5, 5.41) is 2.45. The fraction of sp³-hybridized carbons (Fsp3) is 0.550. The van der Waals surface area contributed by atoms with E-state index in [4.69, 9.17) is 14.2 Å². The SMILES string of the molecule is COc1ccc(OC)c(N2C(=NC(=O)CNC(=O)OC(C)(C)C)S[C@H]3CS(=O)(=O)C[C@H]32)c1. The van der Waals surface area contributed by atoms with Crippen LogP contribution in [-0.2, 0) is 19.4 Å². The van der Waals surface area contributed by atoms with Gasteiger partial charge >= 0.3 is 6.09 Å². The molecular weight excluding hydrogens is 458 g/mol. The highest BCUT2D eigenvalue weighted by molar-refractivity contribution is 8.16. The van der Waals surface area contributed by atoms with Crippen LogP contribution in [0, 0.1) is 0 Å². The van der Waals surface area contributed by atoms with Crippen molar-refractivity contribution in [2.45, 2.75) is 37.7 Å². The van der Waals surface area contributed by atoms with Crippen LogP contribution in [0.25, 0.3) is 0 Å². The number of carbonyl (C=O) groups is 2. The van der Waals surface area contributed by atoms with E-state index in [1.807, 2.05) is 0 Å². The first-order valence-electron chi connectivity index (χ1n) is 9.89. The monoisotopic (exact) mass is 485 g/mol. The van der Waals surface area contributed by atoms with Gasteiger partial charge in [-0.3, -0.25) is 4.79 Å². The molecule has 0 radical (unpaired) electrons. The molecule has 2 aliphatic heterocycles. The van der Waals surface area contributed by atoms with Gasteiger partial charge in [0.15, 0.2) is 15.0 Å². The van der Waals surface area contributed by atoms with Gasteiger partial charge < -0.3 is 24.4 Å². The number of carbonyl (C=O) groups excluding carboxylic acids is 2. The maximum atomic E-state index is 12.5. The topological polar surface area (TPSA) is 124 Å². The second-order valence-corrected chi connectivity index (χ2v) is 11.7. The van der Waals surface area contributed by atoms with E-state index >= 15 is 0 Å². The molecule has 10 nitrogen and oxygen atoms in total. The summed E-state index contributed by atoms with van der Waals surface area (Å²) in [6.07, 6.45) is -0.723. The Labute approximate surface area is 191 Å². The first-order valence-corrected chi connectivity index (χ1v) is 12.6. The van der Waals surface area contributed by atoms with E-state index in [0.29, 0.717) is 22.4 Å². The van der Waals surface area contributed by atoms with Crippen molar-refractivity contribution in [3.8, 4) is 11.5 Å². The summed E-state index contributed by atoms with van der Waals surface area (Å²) in [5.74, 6) is 0.381. The number of rotatable bonds is 5. The van der Waals surface area contributed by atoms with E-state index in [9.17, 15) is 18.0 Å². The fourth-order valence-electron chi connectivity index (χ4n) is 3.44. The minimum atomic E-state index is -3.22. The molecule has 0 aromatic heterocycles. The number of hydrogen-bond donors (Lipinski definition) is 1. The summed E-state index contributed by atoms with van der Waals surface area (Å²) < 4.78 is 40.4. The number of methoxy groups -OCH3 is 2. The van der Waals surface area contributed by atoms with Crippen LogP contribution in [0.15, 0.2) is 23.2 Å². The van der Waals surface area contributed by atoms with Gasteiger partial charge in [0.25, 0.3) is 5.91 Å². The Morgan fingerprint density at radius 2 is 1.94 bits per heavy atom. The summed E-state index contributed by atoms with van der Waals surface area (Å²) >= 11 is 1.23. The number of alkyl carbamates (subject to hydrolysis) is 1. The van der Waals surface area contributed by atoms with Crippen LogP contribution in [0.3, 0.4) is 0 Å². The molecule has 0 saturated carbocycles. The molecule has 2 amide bonds. The van der Waals surface area contributed by atoms with Crippen molar-refractivity contribution in [1.29, 1.82) is 0 Å². The molecule has 3 rings (SSSR count). The molecule has 12 heteroatoms. The van der Waals surface area contributed by atoms with Gasteiger partial charge in [-0.05, 0) is 32.9 Å². The highest BCUT2D eigenvalue weighted by atomic mass is 32.2. The second-order valence-electron chi connectivity index (χ2n) is 8.35. The number of thioether (sulfide) groups is 1. The Morgan fingerprint density at radius 3 is 2.56 bits per heavy atom. The molecule has 2 atom stereocenters. The van der Waals surface area contributed by atoms with Gasteiger partial charge in [0.05, 0.1) is 37.5 Å². The van der Waals surface area contributed by atoms with Crippen molar-refractivity contribution in [2.75, 3.05) is 37.2 Å². The number of aliphatic imine (C=N–C) groups is 1. The van der Waals surface area contributed by atoms with E-state index in [1.165, 1.54) is 26.0 Å². The van der Waals surface area contributed by atoms with Crippen molar-refractivity contribution in [1.82, 2.24) is 5.32 Å². The predicted molar refractivity (Wildman–Crippen MR) is 123 cm³/mol. The van der Waals surface area contributed by atoms with E-state index in [0.717, 1.165) is 0 Å². The van der Waals surface area contributed by atoms with Gasteiger partial charge in [-0.2, -0.15) is 4.99 Å². The first-order chi connectivity index (χ1) is 14.9. The number of fused-ring (bicyclic) bond motifs is 1. The van der Waals surface area contributed by atoms with Gasteiger partial charge in [-0.25, -0.2) is 13.2 Å². The molecule has 0 bridgehead atoms.